The lowest BCUT2D eigenvalue weighted by atomic mass is 10.2. The predicted octanol–water partition coefficient (Wildman–Crippen LogP) is 1.20. The number of aromatic nitrogens is 3. The molecule has 98 valence electrons. The van der Waals surface area contributed by atoms with E-state index < -0.39 is 0 Å². The maximum absolute atomic E-state index is 12.3. The number of aryl methyl sites for hydroxylation is 2. The van der Waals surface area contributed by atoms with Crippen molar-refractivity contribution >= 4 is 5.91 Å². The Kier molecular flexibility index (Phi) is 3.38. The lowest BCUT2D eigenvalue weighted by Crippen LogP contribution is -2.27. The average Bonchev–Trinajstić information content (AvgIpc) is 2.95. The van der Waals surface area contributed by atoms with Gasteiger partial charge in [-0.1, -0.05) is 0 Å². The third-order valence-electron chi connectivity index (χ3n) is 3.04. The second-order valence-corrected chi connectivity index (χ2v) is 4.52. The Morgan fingerprint density at radius 1 is 1.63 bits per heavy atom. The second kappa shape index (κ2) is 4.98. The molecule has 0 aliphatic carbocycles. The van der Waals surface area contributed by atoms with E-state index in [1.54, 1.807) is 42.0 Å². The number of nitriles is 1. The number of hydrogen-bond acceptors (Lipinski definition) is 3. The van der Waals surface area contributed by atoms with E-state index in [9.17, 15) is 4.79 Å². The number of hydrogen-bond donors (Lipinski definition) is 1. The van der Waals surface area contributed by atoms with Gasteiger partial charge in [0.2, 0.25) is 0 Å². The number of nitrogens with one attached hydrogen (secondary N) is 1. The first-order chi connectivity index (χ1) is 9.02. The summed E-state index contributed by atoms with van der Waals surface area (Å²) in [6.07, 6.45) is 3.36. The fourth-order valence-electron chi connectivity index (χ4n) is 1.90. The molecule has 0 radical (unpaired) electrons. The van der Waals surface area contributed by atoms with Gasteiger partial charge in [0.05, 0.1) is 11.8 Å². The summed E-state index contributed by atoms with van der Waals surface area (Å²) in [7, 11) is 3.48. The van der Waals surface area contributed by atoms with Crippen LogP contribution in [0.1, 0.15) is 27.3 Å². The Morgan fingerprint density at radius 2 is 2.37 bits per heavy atom. The second-order valence-electron chi connectivity index (χ2n) is 4.52. The molecule has 0 aromatic carbocycles. The normalized spacial score (nSPS) is 10.2. The molecule has 0 saturated carbocycles. The van der Waals surface area contributed by atoms with Crippen molar-refractivity contribution in [3.63, 3.8) is 0 Å². The molecule has 2 rings (SSSR count). The number of H-pyrrole nitrogens is 1. The van der Waals surface area contributed by atoms with Gasteiger partial charge in [-0.3, -0.25) is 9.89 Å². The molecule has 19 heavy (non-hydrogen) atoms. The number of nitrogens with zero attached hydrogens (tertiary/aromatic N) is 4. The molecule has 0 unspecified atom stereocenters. The minimum atomic E-state index is -0.121. The standard InChI is InChI=1S/C13H15N5O/c1-9-11(6-15-16-9)8-18(3)13(19)12-4-10(5-14)7-17(12)2/h4,6-7H,8H2,1-3H3,(H,15,16). The zero-order chi connectivity index (χ0) is 14.0. The molecule has 2 aromatic heterocycles. The van der Waals surface area contributed by atoms with Gasteiger partial charge in [0.25, 0.3) is 5.91 Å². The predicted molar refractivity (Wildman–Crippen MR) is 69.3 cm³/mol. The van der Waals surface area contributed by atoms with Crippen LogP contribution in [-0.2, 0) is 13.6 Å². The number of carbonyl (C=O) groups is 1. The monoisotopic (exact) mass is 257 g/mol. The molecule has 1 N–H and O–H groups in total. The van der Waals surface area contributed by atoms with E-state index in [1.807, 2.05) is 13.0 Å². The Balaban J connectivity index is 2.17. The molecule has 1 amide bonds. The van der Waals surface area contributed by atoms with Crippen LogP contribution in [-0.4, -0.2) is 32.6 Å². The molecule has 0 spiro atoms. The van der Waals surface area contributed by atoms with Crippen molar-refractivity contribution in [3.8, 4) is 6.07 Å². The molecule has 6 heteroatoms. The summed E-state index contributed by atoms with van der Waals surface area (Å²) in [6.45, 7) is 2.39. The van der Waals surface area contributed by atoms with E-state index in [-0.39, 0.29) is 5.91 Å². The molecule has 2 aromatic rings. The first-order valence-electron chi connectivity index (χ1n) is 5.83. The van der Waals surface area contributed by atoms with Crippen LogP contribution in [0.25, 0.3) is 0 Å². The van der Waals surface area contributed by atoms with Crippen LogP contribution in [0.2, 0.25) is 0 Å². The highest BCUT2D eigenvalue weighted by Crippen LogP contribution is 2.12. The smallest absolute Gasteiger partial charge is 0.270 e. The molecule has 0 aliphatic rings. The highest BCUT2D eigenvalue weighted by atomic mass is 16.2. The zero-order valence-electron chi connectivity index (χ0n) is 11.1. The molecular formula is C13H15N5O. The third-order valence-corrected chi connectivity index (χ3v) is 3.04. The lowest BCUT2D eigenvalue weighted by Gasteiger charge is -2.17. The highest BCUT2D eigenvalue weighted by Gasteiger charge is 2.17. The number of carbonyl (C=O) groups excluding carboxylic acids is 1. The van der Waals surface area contributed by atoms with Crippen LogP contribution in [0.15, 0.2) is 18.5 Å². The molecule has 0 bridgehead atoms. The van der Waals surface area contributed by atoms with Crippen molar-refractivity contribution in [1.29, 1.82) is 5.26 Å². The van der Waals surface area contributed by atoms with Gasteiger partial charge in [0.15, 0.2) is 0 Å². The molecule has 0 saturated heterocycles. The van der Waals surface area contributed by atoms with E-state index >= 15 is 0 Å². The van der Waals surface area contributed by atoms with Gasteiger partial charge in [0, 0.05) is 38.1 Å². The van der Waals surface area contributed by atoms with Crippen molar-refractivity contribution in [3.05, 3.63) is 41.0 Å². The number of rotatable bonds is 3. The van der Waals surface area contributed by atoms with Crippen LogP contribution < -0.4 is 0 Å². The van der Waals surface area contributed by atoms with Crippen LogP contribution >= 0.6 is 0 Å². The van der Waals surface area contributed by atoms with Crippen molar-refractivity contribution < 1.29 is 4.79 Å². The number of aromatic amines is 1. The lowest BCUT2D eigenvalue weighted by molar-refractivity contribution is 0.0775. The van der Waals surface area contributed by atoms with Gasteiger partial charge in [0.1, 0.15) is 11.8 Å². The Morgan fingerprint density at radius 3 is 2.89 bits per heavy atom. The molecule has 2 heterocycles. The van der Waals surface area contributed by atoms with Gasteiger partial charge in [-0.15, -0.1) is 0 Å². The first kappa shape index (κ1) is 12.9. The summed E-state index contributed by atoms with van der Waals surface area (Å²) < 4.78 is 1.67. The van der Waals surface area contributed by atoms with E-state index in [2.05, 4.69) is 10.2 Å². The van der Waals surface area contributed by atoms with E-state index in [0.717, 1.165) is 11.3 Å². The van der Waals surface area contributed by atoms with Gasteiger partial charge < -0.3 is 9.47 Å². The summed E-state index contributed by atoms with van der Waals surface area (Å²) in [5, 5.41) is 15.6. The van der Waals surface area contributed by atoms with Crippen LogP contribution in [0.4, 0.5) is 0 Å². The minimum absolute atomic E-state index is 0.121. The molecule has 0 atom stereocenters. The first-order valence-corrected chi connectivity index (χ1v) is 5.83. The molecule has 0 fully saturated rings. The van der Waals surface area contributed by atoms with Crippen molar-refractivity contribution in [2.75, 3.05) is 7.05 Å². The van der Waals surface area contributed by atoms with E-state index in [1.165, 1.54) is 0 Å². The van der Waals surface area contributed by atoms with Crippen molar-refractivity contribution in [2.24, 2.45) is 7.05 Å². The van der Waals surface area contributed by atoms with Gasteiger partial charge in [-0.25, -0.2) is 0 Å². The fraction of sp³-hybridized carbons (Fsp3) is 0.308. The topological polar surface area (TPSA) is 77.7 Å². The Bertz CT molecular complexity index is 646. The van der Waals surface area contributed by atoms with Gasteiger partial charge in [-0.2, -0.15) is 10.4 Å². The highest BCUT2D eigenvalue weighted by molar-refractivity contribution is 5.93. The number of amides is 1. The maximum Gasteiger partial charge on any atom is 0.270 e. The maximum atomic E-state index is 12.3. The van der Waals surface area contributed by atoms with Gasteiger partial charge >= 0.3 is 0 Å². The van der Waals surface area contributed by atoms with Crippen molar-refractivity contribution in [1.82, 2.24) is 19.7 Å². The molecular weight excluding hydrogens is 242 g/mol. The van der Waals surface area contributed by atoms with Crippen LogP contribution in [0.5, 0.6) is 0 Å². The molecule has 6 nitrogen and oxygen atoms in total. The van der Waals surface area contributed by atoms with Crippen molar-refractivity contribution in [2.45, 2.75) is 13.5 Å². The zero-order valence-corrected chi connectivity index (χ0v) is 11.1. The summed E-state index contributed by atoms with van der Waals surface area (Å²) in [5.41, 5.74) is 2.91. The molecule has 0 aliphatic heterocycles. The quantitative estimate of drug-likeness (QED) is 0.897. The Hall–Kier alpha value is -2.55. The minimum Gasteiger partial charge on any atom is -0.345 e. The van der Waals surface area contributed by atoms with Crippen LogP contribution in [0, 0.1) is 18.3 Å². The third kappa shape index (κ3) is 2.50. The Labute approximate surface area is 111 Å². The fourth-order valence-corrected chi connectivity index (χ4v) is 1.90. The average molecular weight is 257 g/mol. The van der Waals surface area contributed by atoms with E-state index in [4.69, 9.17) is 5.26 Å². The largest absolute Gasteiger partial charge is 0.345 e. The summed E-state index contributed by atoms with van der Waals surface area (Å²) in [4.78, 5) is 13.9. The summed E-state index contributed by atoms with van der Waals surface area (Å²) in [6, 6.07) is 3.63. The summed E-state index contributed by atoms with van der Waals surface area (Å²) >= 11 is 0. The summed E-state index contributed by atoms with van der Waals surface area (Å²) in [5.74, 6) is -0.121. The van der Waals surface area contributed by atoms with Crippen LogP contribution in [0.3, 0.4) is 0 Å². The SMILES string of the molecule is Cc1[nH]ncc1CN(C)C(=O)c1cc(C#N)cn1C. The van der Waals surface area contributed by atoms with Gasteiger partial charge in [-0.05, 0) is 13.0 Å². The van der Waals surface area contributed by atoms with E-state index in [0.29, 0.717) is 17.8 Å².